The molecule has 0 aliphatic rings. The third-order valence-electron chi connectivity index (χ3n) is 1.34. The van der Waals surface area contributed by atoms with Crippen LogP contribution in [0.15, 0.2) is 18.3 Å². The molecule has 0 radical (unpaired) electrons. The number of aromatic nitrogens is 1. The Bertz CT molecular complexity index is 445. The van der Waals surface area contributed by atoms with Gasteiger partial charge in [-0.1, -0.05) is 0 Å². The highest BCUT2D eigenvalue weighted by molar-refractivity contribution is 7.89. The highest BCUT2D eigenvalue weighted by Crippen LogP contribution is 2.12. The van der Waals surface area contributed by atoms with Gasteiger partial charge in [-0.05, 0) is 12.1 Å². The van der Waals surface area contributed by atoms with E-state index in [2.05, 4.69) is 9.83 Å². The summed E-state index contributed by atoms with van der Waals surface area (Å²) in [5, 5.41) is 0. The molecule has 0 fully saturated rings. The highest BCUT2D eigenvalue weighted by Gasteiger charge is 2.05. The third-order valence-corrected chi connectivity index (χ3v) is 2.16. The zero-order valence-electron chi connectivity index (χ0n) is 7.06. The van der Waals surface area contributed by atoms with E-state index in [-0.39, 0.29) is 5.75 Å². The average molecular weight is 196 g/mol. The summed E-state index contributed by atoms with van der Waals surface area (Å²) in [6.07, 6.45) is 2.58. The van der Waals surface area contributed by atoms with Gasteiger partial charge in [0, 0.05) is 18.1 Å². The fourth-order valence-corrected chi connectivity index (χ4v) is 1.58. The Labute approximate surface area is 77.0 Å². The van der Waals surface area contributed by atoms with Gasteiger partial charge in [-0.3, -0.25) is 4.98 Å². The molecule has 0 saturated heterocycles. The molecule has 0 unspecified atom stereocenters. The topological polar surface area (TPSA) is 51.4 Å². The molecule has 1 rings (SSSR count). The van der Waals surface area contributed by atoms with Crippen molar-refractivity contribution in [3.63, 3.8) is 0 Å². The van der Waals surface area contributed by atoms with Crippen LogP contribution in [0.3, 0.4) is 0 Å². The molecular formula is C8H8N2O2S. The molecule has 0 aliphatic carbocycles. The standard InChI is InChI=1S/C8H8N2O2S/c1-9-7-3-4-10-8(5-7)6-13(2,11)12/h3-5H,6H2,2H3. The number of sulfone groups is 1. The van der Waals surface area contributed by atoms with Gasteiger partial charge in [-0.2, -0.15) is 0 Å². The van der Waals surface area contributed by atoms with Crippen molar-refractivity contribution < 1.29 is 8.42 Å². The first-order valence-electron chi connectivity index (χ1n) is 3.51. The van der Waals surface area contributed by atoms with Crippen molar-refractivity contribution >= 4 is 15.5 Å². The zero-order chi connectivity index (χ0) is 9.90. The van der Waals surface area contributed by atoms with Gasteiger partial charge in [0.15, 0.2) is 15.5 Å². The predicted molar refractivity (Wildman–Crippen MR) is 49.0 cm³/mol. The van der Waals surface area contributed by atoms with E-state index >= 15 is 0 Å². The molecule has 0 atom stereocenters. The van der Waals surface area contributed by atoms with Crippen molar-refractivity contribution in [2.75, 3.05) is 6.26 Å². The second-order valence-corrected chi connectivity index (χ2v) is 4.83. The van der Waals surface area contributed by atoms with Crippen molar-refractivity contribution in [2.45, 2.75) is 5.75 Å². The van der Waals surface area contributed by atoms with E-state index in [1.54, 1.807) is 6.07 Å². The van der Waals surface area contributed by atoms with Crippen molar-refractivity contribution in [2.24, 2.45) is 0 Å². The fraction of sp³-hybridized carbons (Fsp3) is 0.250. The minimum Gasteiger partial charge on any atom is -0.263 e. The molecule has 0 aromatic carbocycles. The quantitative estimate of drug-likeness (QED) is 0.667. The number of nitrogens with zero attached hydrogens (tertiary/aromatic N) is 2. The summed E-state index contributed by atoms with van der Waals surface area (Å²) in [6, 6.07) is 3.02. The Morgan fingerprint density at radius 1 is 1.62 bits per heavy atom. The van der Waals surface area contributed by atoms with E-state index < -0.39 is 9.84 Å². The van der Waals surface area contributed by atoms with E-state index in [1.807, 2.05) is 0 Å². The predicted octanol–water partition coefficient (Wildman–Crippen LogP) is 1.18. The summed E-state index contributed by atoms with van der Waals surface area (Å²) >= 11 is 0. The first-order valence-corrected chi connectivity index (χ1v) is 5.57. The van der Waals surface area contributed by atoms with Crippen molar-refractivity contribution in [1.82, 2.24) is 4.98 Å². The smallest absolute Gasteiger partial charge is 0.190 e. The van der Waals surface area contributed by atoms with Gasteiger partial charge in [0.2, 0.25) is 0 Å². The van der Waals surface area contributed by atoms with Crippen LogP contribution in [0, 0.1) is 6.57 Å². The molecule has 0 bridgehead atoms. The fourth-order valence-electron chi connectivity index (χ4n) is 0.883. The summed E-state index contributed by atoms with van der Waals surface area (Å²) in [7, 11) is -3.07. The van der Waals surface area contributed by atoms with Crippen LogP contribution in [0.4, 0.5) is 5.69 Å². The highest BCUT2D eigenvalue weighted by atomic mass is 32.2. The van der Waals surface area contributed by atoms with Crippen LogP contribution in [0.5, 0.6) is 0 Å². The molecule has 0 aliphatic heterocycles. The molecule has 0 N–H and O–H groups in total. The summed E-state index contributed by atoms with van der Waals surface area (Å²) in [6.45, 7) is 6.72. The normalized spacial score (nSPS) is 10.8. The van der Waals surface area contributed by atoms with Gasteiger partial charge in [-0.15, -0.1) is 0 Å². The Balaban J connectivity index is 2.99. The van der Waals surface area contributed by atoms with Crippen LogP contribution in [0.2, 0.25) is 0 Å². The SMILES string of the molecule is [C-]#[N+]c1ccnc(CS(C)(=O)=O)c1. The lowest BCUT2D eigenvalue weighted by Gasteiger charge is -1.97. The third kappa shape index (κ3) is 3.22. The van der Waals surface area contributed by atoms with E-state index in [4.69, 9.17) is 6.57 Å². The van der Waals surface area contributed by atoms with Crippen LogP contribution >= 0.6 is 0 Å². The molecule has 13 heavy (non-hydrogen) atoms. The van der Waals surface area contributed by atoms with Crippen LogP contribution in [-0.4, -0.2) is 19.7 Å². The maximum atomic E-state index is 10.9. The Hall–Kier alpha value is -1.41. The van der Waals surface area contributed by atoms with Crippen LogP contribution < -0.4 is 0 Å². The monoisotopic (exact) mass is 196 g/mol. The summed E-state index contributed by atoms with van der Waals surface area (Å²) < 4.78 is 21.8. The molecule has 1 aromatic rings. The van der Waals surface area contributed by atoms with Crippen LogP contribution in [0.1, 0.15) is 5.69 Å². The maximum Gasteiger partial charge on any atom is 0.190 e. The summed E-state index contributed by atoms with van der Waals surface area (Å²) in [4.78, 5) is 7.03. The van der Waals surface area contributed by atoms with E-state index in [1.165, 1.54) is 12.3 Å². The van der Waals surface area contributed by atoms with Crippen LogP contribution in [-0.2, 0) is 15.6 Å². The zero-order valence-corrected chi connectivity index (χ0v) is 7.87. The molecule has 5 heteroatoms. The van der Waals surface area contributed by atoms with E-state index in [0.717, 1.165) is 6.26 Å². The Kier molecular flexibility index (Phi) is 2.63. The Morgan fingerprint density at radius 2 is 2.31 bits per heavy atom. The molecule has 4 nitrogen and oxygen atoms in total. The first-order chi connectivity index (χ1) is 6.01. The van der Waals surface area contributed by atoms with Crippen LogP contribution in [0.25, 0.3) is 4.85 Å². The van der Waals surface area contributed by atoms with Gasteiger partial charge in [0.1, 0.15) is 0 Å². The molecule has 0 spiro atoms. The Morgan fingerprint density at radius 3 is 2.85 bits per heavy atom. The molecule has 1 aromatic heterocycles. The minimum atomic E-state index is -3.07. The second-order valence-electron chi connectivity index (χ2n) is 2.69. The number of hydrogen-bond donors (Lipinski definition) is 0. The molecule has 0 saturated carbocycles. The lowest BCUT2D eigenvalue weighted by Crippen LogP contribution is -2.01. The van der Waals surface area contributed by atoms with Gasteiger partial charge in [0.05, 0.1) is 12.3 Å². The van der Waals surface area contributed by atoms with E-state index in [0.29, 0.717) is 11.4 Å². The molecule has 68 valence electrons. The molecular weight excluding hydrogens is 188 g/mol. The lowest BCUT2D eigenvalue weighted by atomic mass is 10.3. The lowest BCUT2D eigenvalue weighted by molar-refractivity contribution is 0.600. The second kappa shape index (κ2) is 3.54. The largest absolute Gasteiger partial charge is 0.263 e. The summed E-state index contributed by atoms with van der Waals surface area (Å²) in [5.74, 6) is -0.115. The molecule has 1 heterocycles. The van der Waals surface area contributed by atoms with Gasteiger partial charge >= 0.3 is 0 Å². The van der Waals surface area contributed by atoms with Crippen molar-refractivity contribution in [3.05, 3.63) is 35.4 Å². The number of pyridine rings is 1. The number of rotatable bonds is 2. The van der Waals surface area contributed by atoms with Gasteiger partial charge in [0.25, 0.3) is 0 Å². The minimum absolute atomic E-state index is 0.115. The van der Waals surface area contributed by atoms with Gasteiger partial charge in [-0.25, -0.2) is 13.3 Å². The van der Waals surface area contributed by atoms with E-state index in [9.17, 15) is 8.42 Å². The first kappa shape index (κ1) is 9.68. The van der Waals surface area contributed by atoms with Crippen molar-refractivity contribution in [3.8, 4) is 0 Å². The average Bonchev–Trinajstić information content (AvgIpc) is 2.01. The number of hydrogen-bond acceptors (Lipinski definition) is 3. The summed E-state index contributed by atoms with van der Waals surface area (Å²) in [5.41, 5.74) is 0.824. The van der Waals surface area contributed by atoms with Gasteiger partial charge < -0.3 is 0 Å². The molecule has 0 amide bonds. The van der Waals surface area contributed by atoms with Crippen molar-refractivity contribution in [1.29, 1.82) is 0 Å². The maximum absolute atomic E-state index is 10.9.